The molecule has 1 aliphatic heterocycles. The molecule has 2 aliphatic rings. The second kappa shape index (κ2) is 8.27. The Bertz CT molecular complexity index is 643. The van der Waals surface area contributed by atoms with Crippen LogP contribution in [0.1, 0.15) is 24.8 Å². The Morgan fingerprint density at radius 3 is 2.56 bits per heavy atom. The molecule has 0 unspecified atom stereocenters. The first-order valence-corrected chi connectivity index (χ1v) is 9.54. The van der Waals surface area contributed by atoms with E-state index in [2.05, 4.69) is 26.1 Å². The summed E-state index contributed by atoms with van der Waals surface area (Å²) in [7, 11) is 0. The summed E-state index contributed by atoms with van der Waals surface area (Å²) in [5.41, 5.74) is 0.562. The highest BCUT2D eigenvalue weighted by Crippen LogP contribution is 2.19. The quantitative estimate of drug-likeness (QED) is 0.777. The molecular weight excluding hydrogens is 389 g/mol. The van der Waals surface area contributed by atoms with Gasteiger partial charge < -0.3 is 10.2 Å². The van der Waals surface area contributed by atoms with Gasteiger partial charge in [-0.05, 0) is 37.0 Å². The van der Waals surface area contributed by atoms with Crippen molar-refractivity contribution in [2.75, 3.05) is 32.7 Å². The van der Waals surface area contributed by atoms with Gasteiger partial charge in [-0.25, -0.2) is 4.39 Å². The van der Waals surface area contributed by atoms with Gasteiger partial charge in [-0.15, -0.1) is 0 Å². The fraction of sp³-hybridized carbons (Fsp3) is 0.556. The minimum Gasteiger partial charge on any atom is -0.352 e. The van der Waals surface area contributed by atoms with Crippen molar-refractivity contribution in [3.05, 3.63) is 34.1 Å². The van der Waals surface area contributed by atoms with Crippen LogP contribution in [0.25, 0.3) is 0 Å². The molecule has 0 atom stereocenters. The molecular formula is C18H23BrFN3O2. The topological polar surface area (TPSA) is 52.7 Å². The van der Waals surface area contributed by atoms with E-state index < -0.39 is 0 Å². The molecule has 0 spiro atoms. The zero-order valence-electron chi connectivity index (χ0n) is 14.1. The number of hydrogen-bond acceptors (Lipinski definition) is 3. The number of piperazine rings is 1. The first-order chi connectivity index (χ1) is 12.0. The Morgan fingerprint density at radius 1 is 1.20 bits per heavy atom. The Hall–Kier alpha value is -1.47. The first kappa shape index (κ1) is 18.3. The van der Waals surface area contributed by atoms with Crippen molar-refractivity contribution >= 4 is 27.7 Å². The number of hydrogen-bond donors (Lipinski definition) is 1. The van der Waals surface area contributed by atoms with Crippen molar-refractivity contribution in [1.29, 1.82) is 0 Å². The maximum Gasteiger partial charge on any atom is 0.234 e. The van der Waals surface area contributed by atoms with Gasteiger partial charge in [0.25, 0.3) is 0 Å². The molecule has 2 fully saturated rings. The number of carbonyl (C=O) groups is 2. The number of rotatable bonds is 6. The van der Waals surface area contributed by atoms with E-state index in [4.69, 9.17) is 0 Å². The lowest BCUT2D eigenvalue weighted by atomic mass is 10.1. The largest absolute Gasteiger partial charge is 0.352 e. The molecule has 0 bridgehead atoms. The summed E-state index contributed by atoms with van der Waals surface area (Å²) in [5.74, 6) is -0.161. The van der Waals surface area contributed by atoms with Gasteiger partial charge in [0.05, 0.1) is 6.54 Å². The van der Waals surface area contributed by atoms with E-state index in [1.807, 2.05) is 4.90 Å². The number of aryl methyl sites for hydroxylation is 1. The number of halogens is 2. The number of amides is 2. The van der Waals surface area contributed by atoms with Crippen molar-refractivity contribution in [3.63, 3.8) is 0 Å². The average molecular weight is 412 g/mol. The molecule has 1 aliphatic carbocycles. The van der Waals surface area contributed by atoms with Gasteiger partial charge in [0.2, 0.25) is 11.8 Å². The molecule has 1 saturated heterocycles. The molecule has 1 aromatic carbocycles. The third-order valence-corrected chi connectivity index (χ3v) is 5.15. The summed E-state index contributed by atoms with van der Waals surface area (Å²) in [5, 5.41) is 2.98. The molecule has 136 valence electrons. The van der Waals surface area contributed by atoms with Crippen LogP contribution in [0.2, 0.25) is 0 Å². The third kappa shape index (κ3) is 5.51. The normalized spacial score (nSPS) is 18.2. The van der Waals surface area contributed by atoms with Crippen molar-refractivity contribution in [3.8, 4) is 0 Å². The van der Waals surface area contributed by atoms with Crippen molar-refractivity contribution in [2.45, 2.75) is 31.7 Å². The van der Waals surface area contributed by atoms with E-state index in [0.717, 1.165) is 12.8 Å². The standard InChI is InChI=1S/C18H23BrFN3O2/c19-14-3-1-13(16(20)11-14)2-6-18(25)23-9-7-22(8-10-23)12-17(24)21-15-4-5-15/h1,3,11,15H,2,4-10,12H2,(H,21,24). The van der Waals surface area contributed by atoms with Gasteiger partial charge in [-0.1, -0.05) is 22.0 Å². The van der Waals surface area contributed by atoms with Crippen molar-refractivity contribution < 1.29 is 14.0 Å². The molecule has 3 rings (SSSR count). The maximum absolute atomic E-state index is 13.8. The van der Waals surface area contributed by atoms with E-state index in [1.165, 1.54) is 6.07 Å². The van der Waals surface area contributed by atoms with Crippen molar-refractivity contribution in [2.24, 2.45) is 0 Å². The van der Waals surface area contributed by atoms with Gasteiger partial charge in [0.15, 0.2) is 0 Å². The highest BCUT2D eigenvalue weighted by Gasteiger charge is 2.26. The van der Waals surface area contributed by atoms with E-state index in [9.17, 15) is 14.0 Å². The van der Waals surface area contributed by atoms with Crippen LogP contribution in [0.15, 0.2) is 22.7 Å². The summed E-state index contributed by atoms with van der Waals surface area (Å²) < 4.78 is 14.5. The second-order valence-corrected chi connectivity index (χ2v) is 7.65. The third-order valence-electron chi connectivity index (χ3n) is 4.66. The number of benzene rings is 1. The first-order valence-electron chi connectivity index (χ1n) is 8.74. The SMILES string of the molecule is O=C(CN1CCN(C(=O)CCc2ccc(Br)cc2F)CC1)NC1CC1. The van der Waals surface area contributed by atoms with Crippen LogP contribution in [0.3, 0.4) is 0 Å². The summed E-state index contributed by atoms with van der Waals surface area (Å²) in [4.78, 5) is 28.0. The Kier molecular flexibility index (Phi) is 6.06. The Morgan fingerprint density at radius 2 is 1.92 bits per heavy atom. The monoisotopic (exact) mass is 411 g/mol. The lowest BCUT2D eigenvalue weighted by Crippen LogP contribution is -2.51. The van der Waals surface area contributed by atoms with Gasteiger partial charge in [-0.3, -0.25) is 14.5 Å². The molecule has 25 heavy (non-hydrogen) atoms. The van der Waals surface area contributed by atoms with E-state index in [1.54, 1.807) is 12.1 Å². The van der Waals surface area contributed by atoms with Gasteiger partial charge in [0.1, 0.15) is 5.82 Å². The minimum absolute atomic E-state index is 0.0457. The second-order valence-electron chi connectivity index (χ2n) is 6.73. The molecule has 7 heteroatoms. The molecule has 1 saturated carbocycles. The fourth-order valence-electron chi connectivity index (χ4n) is 2.98. The van der Waals surface area contributed by atoms with Crippen LogP contribution in [0, 0.1) is 5.82 Å². The van der Waals surface area contributed by atoms with Crippen LogP contribution in [0.4, 0.5) is 4.39 Å². The predicted octanol–water partition coefficient (Wildman–Crippen LogP) is 1.94. The summed E-state index contributed by atoms with van der Waals surface area (Å²) >= 11 is 3.23. The zero-order chi connectivity index (χ0) is 17.8. The lowest BCUT2D eigenvalue weighted by molar-refractivity contribution is -0.133. The summed E-state index contributed by atoms with van der Waals surface area (Å²) in [6.45, 7) is 3.06. The summed E-state index contributed by atoms with van der Waals surface area (Å²) in [6, 6.07) is 5.30. The van der Waals surface area contributed by atoms with Gasteiger partial charge in [-0.2, -0.15) is 0 Å². The van der Waals surface area contributed by atoms with Crippen LogP contribution in [0.5, 0.6) is 0 Å². The minimum atomic E-state index is -0.284. The lowest BCUT2D eigenvalue weighted by Gasteiger charge is -2.34. The van der Waals surface area contributed by atoms with Crippen molar-refractivity contribution in [1.82, 2.24) is 15.1 Å². The molecule has 2 amide bonds. The highest BCUT2D eigenvalue weighted by molar-refractivity contribution is 9.10. The van der Waals surface area contributed by atoms with Crippen LogP contribution in [-0.4, -0.2) is 60.4 Å². The summed E-state index contributed by atoms with van der Waals surface area (Å²) in [6.07, 6.45) is 2.89. The Labute approximate surface area is 155 Å². The van der Waals surface area contributed by atoms with E-state index >= 15 is 0 Å². The molecule has 1 aromatic rings. The number of nitrogens with zero attached hydrogens (tertiary/aromatic N) is 2. The van der Waals surface area contributed by atoms with Crippen LogP contribution in [-0.2, 0) is 16.0 Å². The molecule has 1 heterocycles. The fourth-order valence-corrected chi connectivity index (χ4v) is 3.32. The molecule has 5 nitrogen and oxygen atoms in total. The average Bonchev–Trinajstić information content (AvgIpc) is 3.38. The van der Waals surface area contributed by atoms with Crippen LogP contribution < -0.4 is 5.32 Å². The van der Waals surface area contributed by atoms with Crippen LogP contribution >= 0.6 is 15.9 Å². The number of nitrogens with one attached hydrogen (secondary N) is 1. The zero-order valence-corrected chi connectivity index (χ0v) is 15.7. The highest BCUT2D eigenvalue weighted by atomic mass is 79.9. The number of carbonyl (C=O) groups excluding carboxylic acids is 2. The molecule has 0 radical (unpaired) electrons. The van der Waals surface area contributed by atoms with E-state index in [0.29, 0.717) is 61.6 Å². The molecule has 1 N–H and O–H groups in total. The van der Waals surface area contributed by atoms with Gasteiger partial charge in [0, 0.05) is 43.1 Å². The Balaban J connectivity index is 1.39. The van der Waals surface area contributed by atoms with E-state index in [-0.39, 0.29) is 17.6 Å². The molecule has 0 aromatic heterocycles. The smallest absolute Gasteiger partial charge is 0.234 e. The maximum atomic E-state index is 13.8. The van der Waals surface area contributed by atoms with Gasteiger partial charge >= 0.3 is 0 Å². The predicted molar refractivity (Wildman–Crippen MR) is 96.6 cm³/mol.